The van der Waals surface area contributed by atoms with Gasteiger partial charge in [0.2, 0.25) is 23.6 Å². The van der Waals surface area contributed by atoms with Crippen LogP contribution in [0.2, 0.25) is 0 Å². The highest BCUT2D eigenvalue weighted by atomic mass is 79.9. The second-order valence-corrected chi connectivity index (χ2v) is 14.6. The largest absolute Gasteiger partial charge is 0.373 e. The van der Waals surface area contributed by atoms with Gasteiger partial charge in [-0.1, -0.05) is 24.3 Å². The van der Waals surface area contributed by atoms with Crippen molar-refractivity contribution in [1.29, 1.82) is 0 Å². The molecule has 53 heavy (non-hydrogen) atoms. The average Bonchev–Trinajstić information content (AvgIpc) is 3.54. The molecule has 3 unspecified atom stereocenters. The fourth-order valence-corrected chi connectivity index (χ4v) is 7.56. The molecule has 1 aromatic carbocycles. The van der Waals surface area contributed by atoms with E-state index in [2.05, 4.69) is 51.9 Å². The molecular weight excluding hydrogens is 746 g/mol. The summed E-state index contributed by atoms with van der Waals surface area (Å²) in [5, 5.41) is 13.8. The molecule has 2 fully saturated rings. The molecule has 3 aromatic heterocycles. The molecule has 5 heterocycles. The number of ether oxygens (including phenoxy) is 1. The smallest absolute Gasteiger partial charge is 0.248 e. The summed E-state index contributed by atoms with van der Waals surface area (Å²) in [7, 11) is 0. The quantitative estimate of drug-likeness (QED) is 0.154. The summed E-state index contributed by atoms with van der Waals surface area (Å²) in [5.74, 6) is -0.817. The number of hydrogen-bond acceptors (Lipinski definition) is 10. The zero-order chi connectivity index (χ0) is 37.4. The number of ketones is 1. The van der Waals surface area contributed by atoms with E-state index in [4.69, 9.17) is 4.74 Å². The minimum absolute atomic E-state index is 0.138. The van der Waals surface area contributed by atoms with Gasteiger partial charge in [0.25, 0.3) is 0 Å². The Hall–Kier alpha value is -5.35. The molecule has 1 spiro atoms. The molecule has 7 rings (SSSR count). The number of anilines is 1. The number of hydrogen-bond donors (Lipinski definition) is 3. The van der Waals surface area contributed by atoms with Gasteiger partial charge in [0.15, 0.2) is 5.78 Å². The summed E-state index contributed by atoms with van der Waals surface area (Å²) < 4.78 is 7.83. The van der Waals surface area contributed by atoms with Crippen LogP contribution in [0.25, 0.3) is 22.0 Å². The summed E-state index contributed by atoms with van der Waals surface area (Å²) in [4.78, 5) is 81.2. The first kappa shape index (κ1) is 36.0. The van der Waals surface area contributed by atoms with E-state index in [1.807, 2.05) is 12.1 Å². The summed E-state index contributed by atoms with van der Waals surface area (Å²) in [5.41, 5.74) is 2.44. The number of pyridine rings is 1. The van der Waals surface area contributed by atoms with Crippen LogP contribution in [0.4, 0.5) is 5.82 Å². The highest BCUT2D eigenvalue weighted by Gasteiger charge is 2.67. The number of aromatic nitrogens is 5. The zero-order valence-corrected chi connectivity index (χ0v) is 31.0. The first-order chi connectivity index (χ1) is 25.4. The van der Waals surface area contributed by atoms with E-state index in [0.29, 0.717) is 45.6 Å². The van der Waals surface area contributed by atoms with Crippen LogP contribution in [0.1, 0.15) is 55.0 Å². The van der Waals surface area contributed by atoms with Crippen molar-refractivity contribution in [3.05, 3.63) is 76.6 Å². The monoisotopic (exact) mass is 783 g/mol. The van der Waals surface area contributed by atoms with Gasteiger partial charge in [-0.3, -0.25) is 28.7 Å². The van der Waals surface area contributed by atoms with E-state index >= 15 is 0 Å². The summed E-state index contributed by atoms with van der Waals surface area (Å²) >= 11 is 3.39. The first-order valence-electron chi connectivity index (χ1n) is 17.3. The van der Waals surface area contributed by atoms with Crippen molar-refractivity contribution in [2.24, 2.45) is 5.41 Å². The standard InChI is InChI=1S/C37H38BrN9O6/c1-20(48)33-26-12-23(25-15-39-21(2)40-16-25)7-9-28(26)46(45-33)17-32(50)47-29-13-37(14-30(37)47)19-41-35(51)27(42-22(3)49)6-4-5-11-53-18-24-8-10-31(38)43-34(24)44-36(29)52/h4-5,7-10,12,15-16,27,29-30H,6,11,13-14,17-19H2,1-3H3,(H,41,51)(H,42,49)(H,43,44,52)/b5-4+/t27?,29-,30?,37?/m0/s1. The van der Waals surface area contributed by atoms with Crippen molar-refractivity contribution >= 4 is 62.1 Å². The Morgan fingerprint density at radius 2 is 1.83 bits per heavy atom. The number of benzene rings is 1. The molecule has 4 aromatic rings. The number of rotatable bonds is 5. The Kier molecular flexibility index (Phi) is 9.91. The van der Waals surface area contributed by atoms with Crippen LogP contribution in [-0.2, 0) is 37.1 Å². The van der Waals surface area contributed by atoms with E-state index in [1.165, 1.54) is 18.5 Å². The molecule has 2 bridgehead atoms. The van der Waals surface area contributed by atoms with Crippen LogP contribution < -0.4 is 16.0 Å². The van der Waals surface area contributed by atoms with E-state index in [9.17, 15) is 24.0 Å². The SMILES string of the molecule is CC(=O)NC1C/C=C/COCc2ccc(Br)nc2NC(=O)[C@@H]2CC3(CNC1=O)CC3N2C(=O)Cn1nc(C(C)=O)c2cc(-c3cnc(C)nc3)ccc21. The normalized spacial score (nSPS) is 23.6. The highest BCUT2D eigenvalue weighted by Crippen LogP contribution is 2.59. The molecule has 0 radical (unpaired) electrons. The predicted octanol–water partition coefficient (Wildman–Crippen LogP) is 3.26. The number of likely N-dealkylation sites (tertiary alicyclic amines) is 1. The number of carbonyl (C=O) groups is 5. The molecule has 2 aliphatic heterocycles. The van der Waals surface area contributed by atoms with Crippen molar-refractivity contribution in [2.45, 2.75) is 71.3 Å². The molecule has 4 amide bonds. The van der Waals surface area contributed by atoms with Gasteiger partial charge in [-0.2, -0.15) is 5.10 Å². The highest BCUT2D eigenvalue weighted by molar-refractivity contribution is 9.10. The Labute approximate surface area is 313 Å². The number of nitrogens with one attached hydrogen (secondary N) is 3. The number of piperidine rings is 1. The van der Waals surface area contributed by atoms with Gasteiger partial charge >= 0.3 is 0 Å². The number of halogens is 1. The van der Waals surface area contributed by atoms with Crippen molar-refractivity contribution < 1.29 is 28.7 Å². The molecule has 15 nitrogen and oxygen atoms in total. The third-order valence-corrected chi connectivity index (χ3v) is 10.4. The molecule has 3 N–H and O–H groups in total. The van der Waals surface area contributed by atoms with Gasteiger partial charge in [-0.05, 0) is 65.9 Å². The van der Waals surface area contributed by atoms with Crippen LogP contribution >= 0.6 is 15.9 Å². The number of nitrogens with zero attached hydrogens (tertiary/aromatic N) is 6. The summed E-state index contributed by atoms with van der Waals surface area (Å²) in [6.45, 7) is 4.91. The van der Waals surface area contributed by atoms with Gasteiger partial charge in [0, 0.05) is 60.8 Å². The number of carbonyl (C=O) groups excluding carboxylic acids is 5. The third kappa shape index (κ3) is 7.46. The van der Waals surface area contributed by atoms with Gasteiger partial charge in [-0.25, -0.2) is 15.0 Å². The molecular formula is C37H38BrN9O6. The Morgan fingerprint density at radius 1 is 1.04 bits per heavy atom. The number of aryl methyl sites for hydroxylation is 1. The molecule has 3 aliphatic rings. The third-order valence-electron chi connectivity index (χ3n) is 10.00. The fourth-order valence-electron chi connectivity index (χ4n) is 7.25. The maximum atomic E-state index is 14.4. The van der Waals surface area contributed by atoms with Crippen LogP contribution in [0.3, 0.4) is 0 Å². The Morgan fingerprint density at radius 3 is 2.58 bits per heavy atom. The maximum absolute atomic E-state index is 14.4. The topological polar surface area (TPSA) is 190 Å². The molecule has 4 atom stereocenters. The molecule has 1 saturated carbocycles. The van der Waals surface area contributed by atoms with Gasteiger partial charge in [-0.15, -0.1) is 0 Å². The minimum Gasteiger partial charge on any atom is -0.373 e. The van der Waals surface area contributed by atoms with Crippen LogP contribution in [0.15, 0.2) is 59.5 Å². The second-order valence-electron chi connectivity index (χ2n) is 13.7. The average molecular weight is 785 g/mol. The van der Waals surface area contributed by atoms with Crippen molar-refractivity contribution in [3.63, 3.8) is 0 Å². The van der Waals surface area contributed by atoms with Crippen LogP contribution in [-0.4, -0.2) is 90.3 Å². The van der Waals surface area contributed by atoms with Crippen LogP contribution in [0.5, 0.6) is 0 Å². The van der Waals surface area contributed by atoms with E-state index in [0.717, 1.165) is 11.1 Å². The molecule has 274 valence electrons. The van der Waals surface area contributed by atoms with Crippen molar-refractivity contribution in [2.75, 3.05) is 18.5 Å². The lowest BCUT2D eigenvalue weighted by Gasteiger charge is -2.27. The van der Waals surface area contributed by atoms with Crippen LogP contribution in [0, 0.1) is 12.3 Å². The number of Topliss-reactive ketones (excluding diaryl/α,β-unsaturated/α-hetero) is 1. The Bertz CT molecular complexity index is 2170. The van der Waals surface area contributed by atoms with Crippen molar-refractivity contribution in [1.82, 2.24) is 40.3 Å². The molecule has 1 aliphatic carbocycles. The second kappa shape index (κ2) is 14.6. The van der Waals surface area contributed by atoms with E-state index < -0.39 is 23.4 Å². The molecule has 1 saturated heterocycles. The van der Waals surface area contributed by atoms with Gasteiger partial charge in [0.05, 0.1) is 18.7 Å². The number of fused-ring (bicyclic) bond motifs is 3. The Balaban J connectivity index is 1.20. The lowest BCUT2D eigenvalue weighted by molar-refractivity contribution is -0.138. The zero-order valence-electron chi connectivity index (χ0n) is 29.4. The number of amides is 4. The fraction of sp³-hybridized carbons (Fsp3) is 0.378. The summed E-state index contributed by atoms with van der Waals surface area (Å²) in [6, 6.07) is 7.00. The van der Waals surface area contributed by atoms with Gasteiger partial charge < -0.3 is 25.6 Å². The minimum atomic E-state index is -0.890. The summed E-state index contributed by atoms with van der Waals surface area (Å²) in [6.07, 6.45) is 8.08. The maximum Gasteiger partial charge on any atom is 0.248 e. The van der Waals surface area contributed by atoms with Gasteiger partial charge in [0.1, 0.15) is 40.6 Å². The van der Waals surface area contributed by atoms with Crippen molar-refractivity contribution in [3.8, 4) is 11.1 Å². The predicted molar refractivity (Wildman–Crippen MR) is 196 cm³/mol. The molecule has 16 heteroatoms. The lowest BCUT2D eigenvalue weighted by atomic mass is 9.98. The van der Waals surface area contributed by atoms with E-state index in [-0.39, 0.29) is 68.0 Å². The lowest BCUT2D eigenvalue weighted by Crippen LogP contribution is -2.47. The first-order valence-corrected chi connectivity index (χ1v) is 18.1. The van der Waals surface area contributed by atoms with E-state index in [1.54, 1.807) is 54.6 Å².